The lowest BCUT2D eigenvalue weighted by atomic mass is 9.77. The average Bonchev–Trinajstić information content (AvgIpc) is 2.91. The van der Waals surface area contributed by atoms with Crippen molar-refractivity contribution in [3.63, 3.8) is 0 Å². The van der Waals surface area contributed by atoms with Crippen molar-refractivity contribution >= 4 is 0 Å². The van der Waals surface area contributed by atoms with E-state index >= 15 is 0 Å². The molecule has 15 heavy (non-hydrogen) atoms. The van der Waals surface area contributed by atoms with Gasteiger partial charge in [-0.2, -0.15) is 0 Å². The minimum atomic E-state index is 0.306. The molecule has 3 heterocycles. The van der Waals surface area contributed by atoms with Gasteiger partial charge in [0.15, 0.2) is 0 Å². The summed E-state index contributed by atoms with van der Waals surface area (Å²) in [6.45, 7) is 1.80. The van der Waals surface area contributed by atoms with Gasteiger partial charge >= 0.3 is 0 Å². The average molecular weight is 211 g/mol. The molecule has 0 aromatic heterocycles. The zero-order valence-corrected chi connectivity index (χ0v) is 9.23. The molecule has 0 aromatic rings. The van der Waals surface area contributed by atoms with Crippen molar-refractivity contribution in [3.05, 3.63) is 0 Å². The lowest BCUT2D eigenvalue weighted by Crippen LogP contribution is -2.44. The van der Waals surface area contributed by atoms with Gasteiger partial charge in [-0.05, 0) is 38.0 Å². The Bertz CT molecular complexity index is 228. The summed E-state index contributed by atoms with van der Waals surface area (Å²) >= 11 is 0. The van der Waals surface area contributed by atoms with Crippen LogP contribution in [0.25, 0.3) is 0 Å². The smallest absolute Gasteiger partial charge is 0.0623 e. The fourth-order valence-electron chi connectivity index (χ4n) is 3.50. The van der Waals surface area contributed by atoms with Crippen molar-refractivity contribution in [1.29, 1.82) is 0 Å². The van der Waals surface area contributed by atoms with Crippen LogP contribution in [-0.2, 0) is 9.47 Å². The number of rotatable bonds is 2. The van der Waals surface area contributed by atoms with Gasteiger partial charge in [-0.3, -0.25) is 0 Å². The van der Waals surface area contributed by atoms with Gasteiger partial charge in [0.2, 0.25) is 0 Å². The molecule has 3 rings (SSSR count). The Hall–Kier alpha value is -0.120. The number of hydrogen-bond donors (Lipinski definition) is 1. The van der Waals surface area contributed by atoms with Crippen LogP contribution >= 0.6 is 0 Å². The maximum atomic E-state index is 6.38. The van der Waals surface area contributed by atoms with Gasteiger partial charge in [0.05, 0.1) is 18.8 Å². The Labute approximate surface area is 91.3 Å². The van der Waals surface area contributed by atoms with Crippen LogP contribution < -0.4 is 5.73 Å². The van der Waals surface area contributed by atoms with E-state index in [0.29, 0.717) is 30.1 Å². The largest absolute Gasteiger partial charge is 0.381 e. The summed E-state index contributed by atoms with van der Waals surface area (Å²) in [6.07, 6.45) is 7.10. The van der Waals surface area contributed by atoms with Crippen LogP contribution in [0.3, 0.4) is 0 Å². The molecule has 2 bridgehead atoms. The predicted octanol–water partition coefficient (Wildman–Crippen LogP) is 1.31. The van der Waals surface area contributed by atoms with Crippen molar-refractivity contribution in [3.8, 4) is 0 Å². The summed E-state index contributed by atoms with van der Waals surface area (Å²) in [5, 5.41) is 0. The first-order valence-corrected chi connectivity index (χ1v) is 6.33. The van der Waals surface area contributed by atoms with Crippen LogP contribution in [0, 0.1) is 11.8 Å². The highest BCUT2D eigenvalue weighted by molar-refractivity contribution is 4.96. The molecule has 0 spiro atoms. The summed E-state index contributed by atoms with van der Waals surface area (Å²) in [5.41, 5.74) is 6.38. The van der Waals surface area contributed by atoms with E-state index in [2.05, 4.69) is 0 Å². The maximum Gasteiger partial charge on any atom is 0.0623 e. The quantitative estimate of drug-likeness (QED) is 0.749. The highest BCUT2D eigenvalue weighted by Crippen LogP contribution is 2.42. The molecule has 3 saturated heterocycles. The summed E-state index contributed by atoms with van der Waals surface area (Å²) in [5.74, 6) is 1.18. The first kappa shape index (κ1) is 10.1. The van der Waals surface area contributed by atoms with E-state index in [1.165, 1.54) is 32.1 Å². The fourth-order valence-corrected chi connectivity index (χ4v) is 3.50. The molecule has 0 amide bonds. The first-order chi connectivity index (χ1) is 7.34. The van der Waals surface area contributed by atoms with Crippen molar-refractivity contribution in [2.75, 3.05) is 13.2 Å². The first-order valence-electron chi connectivity index (χ1n) is 6.33. The normalized spacial score (nSPS) is 47.0. The second-order valence-corrected chi connectivity index (χ2v) is 5.33. The lowest BCUT2D eigenvalue weighted by molar-refractivity contribution is 0.0255. The van der Waals surface area contributed by atoms with Crippen molar-refractivity contribution in [2.45, 2.75) is 50.4 Å². The second-order valence-electron chi connectivity index (χ2n) is 5.33. The molecule has 0 saturated carbocycles. The van der Waals surface area contributed by atoms with E-state index in [1.54, 1.807) is 0 Å². The van der Waals surface area contributed by atoms with Crippen molar-refractivity contribution in [2.24, 2.45) is 17.6 Å². The molecular weight excluding hydrogens is 190 g/mol. The molecule has 3 aliphatic heterocycles. The van der Waals surface area contributed by atoms with Gasteiger partial charge in [0.25, 0.3) is 0 Å². The maximum absolute atomic E-state index is 6.38. The van der Waals surface area contributed by atoms with Gasteiger partial charge in [-0.1, -0.05) is 0 Å². The Kier molecular flexibility index (Phi) is 2.71. The third-order valence-electron chi connectivity index (χ3n) is 4.39. The second kappa shape index (κ2) is 4.04. The minimum Gasteiger partial charge on any atom is -0.381 e. The number of ether oxygens (including phenoxy) is 2. The SMILES string of the molecule is NC(C1CCCOC1)C1CC2CCC1O2. The summed E-state index contributed by atoms with van der Waals surface area (Å²) in [4.78, 5) is 0. The number of hydrogen-bond acceptors (Lipinski definition) is 3. The molecule has 3 nitrogen and oxygen atoms in total. The number of fused-ring (bicyclic) bond motifs is 2. The molecule has 5 atom stereocenters. The molecule has 0 radical (unpaired) electrons. The molecule has 3 fully saturated rings. The Balaban J connectivity index is 1.61. The lowest BCUT2D eigenvalue weighted by Gasteiger charge is -2.33. The van der Waals surface area contributed by atoms with Crippen LogP contribution in [0.15, 0.2) is 0 Å². The Morgan fingerprint density at radius 1 is 1.20 bits per heavy atom. The highest BCUT2D eigenvalue weighted by Gasteiger charge is 2.45. The molecule has 0 aliphatic carbocycles. The van der Waals surface area contributed by atoms with E-state index < -0.39 is 0 Å². The molecular formula is C12H21NO2. The fraction of sp³-hybridized carbons (Fsp3) is 1.00. The van der Waals surface area contributed by atoms with E-state index in [9.17, 15) is 0 Å². The van der Waals surface area contributed by atoms with E-state index in [4.69, 9.17) is 15.2 Å². The topological polar surface area (TPSA) is 44.5 Å². The van der Waals surface area contributed by atoms with Gasteiger partial charge < -0.3 is 15.2 Å². The summed E-state index contributed by atoms with van der Waals surface area (Å²) in [7, 11) is 0. The van der Waals surface area contributed by atoms with Crippen LogP contribution in [0.4, 0.5) is 0 Å². The van der Waals surface area contributed by atoms with Gasteiger partial charge in [0, 0.05) is 18.6 Å². The predicted molar refractivity (Wildman–Crippen MR) is 57.5 cm³/mol. The van der Waals surface area contributed by atoms with Gasteiger partial charge in [-0.15, -0.1) is 0 Å². The third kappa shape index (κ3) is 1.81. The monoisotopic (exact) mass is 211 g/mol. The van der Waals surface area contributed by atoms with E-state index in [0.717, 1.165) is 13.2 Å². The summed E-state index contributed by atoms with van der Waals surface area (Å²) in [6, 6.07) is 0.306. The van der Waals surface area contributed by atoms with Crippen LogP contribution in [0.5, 0.6) is 0 Å². The van der Waals surface area contributed by atoms with E-state index in [-0.39, 0.29) is 0 Å². The van der Waals surface area contributed by atoms with Gasteiger partial charge in [-0.25, -0.2) is 0 Å². The molecule has 2 N–H and O–H groups in total. The zero-order valence-electron chi connectivity index (χ0n) is 9.23. The summed E-state index contributed by atoms with van der Waals surface area (Å²) < 4.78 is 11.4. The Morgan fingerprint density at radius 2 is 2.13 bits per heavy atom. The Morgan fingerprint density at radius 3 is 2.73 bits per heavy atom. The van der Waals surface area contributed by atoms with Gasteiger partial charge in [0.1, 0.15) is 0 Å². The minimum absolute atomic E-state index is 0.306. The van der Waals surface area contributed by atoms with Crippen LogP contribution in [0.2, 0.25) is 0 Å². The molecule has 3 heteroatoms. The molecule has 5 unspecified atom stereocenters. The zero-order chi connectivity index (χ0) is 10.3. The van der Waals surface area contributed by atoms with Crippen molar-refractivity contribution < 1.29 is 9.47 Å². The molecule has 0 aromatic carbocycles. The number of nitrogens with two attached hydrogens (primary N) is 1. The standard InChI is InChI=1S/C12H21NO2/c13-12(8-2-1-5-14-7-8)10-6-9-3-4-11(10)15-9/h8-12H,1-7,13H2. The van der Waals surface area contributed by atoms with Crippen molar-refractivity contribution in [1.82, 2.24) is 0 Å². The molecule has 3 aliphatic rings. The highest BCUT2D eigenvalue weighted by atomic mass is 16.5. The molecule has 86 valence electrons. The third-order valence-corrected chi connectivity index (χ3v) is 4.39. The van der Waals surface area contributed by atoms with Crippen LogP contribution in [0.1, 0.15) is 32.1 Å². The van der Waals surface area contributed by atoms with Crippen LogP contribution in [-0.4, -0.2) is 31.5 Å². The van der Waals surface area contributed by atoms with E-state index in [1.807, 2.05) is 0 Å².